The molecule has 0 aliphatic carbocycles. The van der Waals surface area contributed by atoms with Gasteiger partial charge in [-0.1, -0.05) is 40.9 Å². The van der Waals surface area contributed by atoms with Crippen molar-refractivity contribution in [3.05, 3.63) is 63.1 Å². The average Bonchev–Trinajstić information content (AvgIpc) is 2.70. The molecule has 1 aliphatic heterocycles. The molecule has 19 heavy (non-hydrogen) atoms. The van der Waals surface area contributed by atoms with E-state index in [4.69, 9.17) is 23.2 Å². The Morgan fingerprint density at radius 2 is 1.79 bits per heavy atom. The van der Waals surface area contributed by atoms with Crippen LogP contribution in [-0.4, -0.2) is 6.54 Å². The van der Waals surface area contributed by atoms with Crippen LogP contribution in [0, 0.1) is 6.92 Å². The minimum absolute atomic E-state index is 0.700. The van der Waals surface area contributed by atoms with Gasteiger partial charge >= 0.3 is 0 Å². The maximum atomic E-state index is 6.05. The summed E-state index contributed by atoms with van der Waals surface area (Å²) in [7, 11) is 0. The van der Waals surface area contributed by atoms with Crippen LogP contribution in [0.25, 0.3) is 0 Å². The lowest BCUT2D eigenvalue weighted by Gasteiger charge is -2.20. The normalized spacial score (nSPS) is 13.7. The summed E-state index contributed by atoms with van der Waals surface area (Å²) in [5.74, 6) is 0. The minimum atomic E-state index is 0.700. The first-order valence-corrected chi connectivity index (χ1v) is 7.17. The van der Waals surface area contributed by atoms with Crippen LogP contribution >= 0.6 is 23.2 Å². The van der Waals surface area contributed by atoms with Crippen molar-refractivity contribution in [2.45, 2.75) is 19.9 Å². The van der Waals surface area contributed by atoms with E-state index in [0.717, 1.165) is 25.1 Å². The molecule has 0 atom stereocenters. The monoisotopic (exact) mass is 291 g/mol. The number of anilines is 1. The summed E-state index contributed by atoms with van der Waals surface area (Å²) in [4.78, 5) is 2.39. The SMILES string of the molecule is Cc1ccc2c(c1)CCN2Cc1cc(Cl)cc(Cl)c1. The summed E-state index contributed by atoms with van der Waals surface area (Å²) in [6, 6.07) is 12.4. The quantitative estimate of drug-likeness (QED) is 0.763. The molecule has 1 heterocycles. The van der Waals surface area contributed by atoms with Crippen LogP contribution in [0.4, 0.5) is 5.69 Å². The van der Waals surface area contributed by atoms with Crippen molar-refractivity contribution in [2.24, 2.45) is 0 Å². The van der Waals surface area contributed by atoms with Crippen molar-refractivity contribution < 1.29 is 0 Å². The highest BCUT2D eigenvalue weighted by Crippen LogP contribution is 2.31. The number of nitrogens with zero attached hydrogens (tertiary/aromatic N) is 1. The van der Waals surface area contributed by atoms with Gasteiger partial charge < -0.3 is 4.90 Å². The van der Waals surface area contributed by atoms with Crippen molar-refractivity contribution in [3.63, 3.8) is 0 Å². The van der Waals surface area contributed by atoms with E-state index in [2.05, 4.69) is 30.0 Å². The molecule has 0 saturated carbocycles. The largest absolute Gasteiger partial charge is 0.367 e. The van der Waals surface area contributed by atoms with Crippen molar-refractivity contribution in [1.29, 1.82) is 0 Å². The molecule has 0 N–H and O–H groups in total. The maximum Gasteiger partial charge on any atom is 0.0430 e. The molecule has 0 radical (unpaired) electrons. The molecule has 3 heteroatoms. The number of aryl methyl sites for hydroxylation is 1. The van der Waals surface area contributed by atoms with E-state index in [1.54, 1.807) is 6.07 Å². The van der Waals surface area contributed by atoms with Crippen LogP contribution in [0.15, 0.2) is 36.4 Å². The highest BCUT2D eigenvalue weighted by Gasteiger charge is 2.19. The van der Waals surface area contributed by atoms with Gasteiger partial charge in [0.25, 0.3) is 0 Å². The number of fused-ring (bicyclic) bond motifs is 1. The molecule has 0 bridgehead atoms. The Labute approximate surface area is 123 Å². The van der Waals surface area contributed by atoms with Gasteiger partial charge in [0, 0.05) is 28.8 Å². The first kappa shape index (κ1) is 12.8. The van der Waals surface area contributed by atoms with Crippen LogP contribution in [0.3, 0.4) is 0 Å². The first-order chi connectivity index (χ1) is 9.11. The molecule has 98 valence electrons. The summed E-state index contributed by atoms with van der Waals surface area (Å²) >= 11 is 12.1. The molecule has 1 nitrogen and oxygen atoms in total. The Balaban J connectivity index is 1.86. The Hall–Kier alpha value is -1.18. The summed E-state index contributed by atoms with van der Waals surface area (Å²) in [5, 5.41) is 1.40. The summed E-state index contributed by atoms with van der Waals surface area (Å²) in [6.07, 6.45) is 1.12. The highest BCUT2D eigenvalue weighted by molar-refractivity contribution is 6.34. The van der Waals surface area contributed by atoms with E-state index in [9.17, 15) is 0 Å². The van der Waals surface area contributed by atoms with E-state index < -0.39 is 0 Å². The Bertz CT molecular complexity index is 602. The van der Waals surface area contributed by atoms with Crippen LogP contribution in [0.1, 0.15) is 16.7 Å². The van der Waals surface area contributed by atoms with E-state index in [0.29, 0.717) is 10.0 Å². The lowest BCUT2D eigenvalue weighted by molar-refractivity contribution is 0.836. The standard InChI is InChI=1S/C16H15Cl2N/c1-11-2-3-16-13(6-11)4-5-19(16)10-12-7-14(17)9-15(18)8-12/h2-3,6-9H,4-5,10H2,1H3. The van der Waals surface area contributed by atoms with Gasteiger partial charge in [-0.2, -0.15) is 0 Å². The smallest absolute Gasteiger partial charge is 0.0430 e. The van der Waals surface area contributed by atoms with Crippen molar-refractivity contribution >= 4 is 28.9 Å². The summed E-state index contributed by atoms with van der Waals surface area (Å²) in [6.45, 7) is 4.05. The topological polar surface area (TPSA) is 3.24 Å². The van der Waals surface area contributed by atoms with Gasteiger partial charge in [0.15, 0.2) is 0 Å². The van der Waals surface area contributed by atoms with Crippen molar-refractivity contribution in [1.82, 2.24) is 0 Å². The Kier molecular flexibility index (Phi) is 3.42. The number of halogens is 2. The third kappa shape index (κ3) is 2.72. The minimum Gasteiger partial charge on any atom is -0.367 e. The van der Waals surface area contributed by atoms with Crippen molar-refractivity contribution in [3.8, 4) is 0 Å². The molecule has 3 rings (SSSR count). The number of hydrogen-bond acceptors (Lipinski definition) is 1. The fourth-order valence-corrected chi connectivity index (χ4v) is 3.26. The number of hydrogen-bond donors (Lipinski definition) is 0. The third-order valence-corrected chi connectivity index (χ3v) is 3.96. The van der Waals surface area contributed by atoms with Crippen molar-refractivity contribution in [2.75, 3.05) is 11.4 Å². The van der Waals surface area contributed by atoms with E-state index >= 15 is 0 Å². The second kappa shape index (κ2) is 5.07. The average molecular weight is 292 g/mol. The van der Waals surface area contributed by atoms with Crippen LogP contribution in [0.2, 0.25) is 10.0 Å². The van der Waals surface area contributed by atoms with Gasteiger partial charge in [0.2, 0.25) is 0 Å². The number of rotatable bonds is 2. The van der Waals surface area contributed by atoms with Gasteiger partial charge in [-0.25, -0.2) is 0 Å². The molecular formula is C16H15Cl2N. The number of benzene rings is 2. The van der Waals surface area contributed by atoms with Crippen LogP contribution < -0.4 is 4.90 Å². The van der Waals surface area contributed by atoms with Gasteiger partial charge in [0.1, 0.15) is 0 Å². The molecule has 0 aromatic heterocycles. The van der Waals surface area contributed by atoms with E-state index in [1.807, 2.05) is 12.1 Å². The van der Waals surface area contributed by atoms with Crippen LogP contribution in [-0.2, 0) is 13.0 Å². The summed E-state index contributed by atoms with van der Waals surface area (Å²) in [5.41, 5.74) is 5.26. The summed E-state index contributed by atoms with van der Waals surface area (Å²) < 4.78 is 0. The first-order valence-electron chi connectivity index (χ1n) is 6.41. The molecule has 0 fully saturated rings. The zero-order valence-corrected chi connectivity index (χ0v) is 12.3. The van der Waals surface area contributed by atoms with Gasteiger partial charge in [-0.05, 0) is 48.7 Å². The zero-order chi connectivity index (χ0) is 13.4. The Morgan fingerprint density at radius 1 is 1.05 bits per heavy atom. The predicted molar refractivity (Wildman–Crippen MR) is 82.4 cm³/mol. The lowest BCUT2D eigenvalue weighted by atomic mass is 10.1. The van der Waals surface area contributed by atoms with Crippen LogP contribution in [0.5, 0.6) is 0 Å². The lowest BCUT2D eigenvalue weighted by Crippen LogP contribution is -2.19. The molecule has 2 aromatic carbocycles. The Morgan fingerprint density at radius 3 is 2.53 bits per heavy atom. The maximum absolute atomic E-state index is 6.05. The van der Waals surface area contributed by atoms with E-state index in [1.165, 1.54) is 16.8 Å². The molecule has 0 spiro atoms. The fraction of sp³-hybridized carbons (Fsp3) is 0.250. The van der Waals surface area contributed by atoms with Gasteiger partial charge in [-0.15, -0.1) is 0 Å². The second-order valence-electron chi connectivity index (χ2n) is 5.08. The second-order valence-corrected chi connectivity index (χ2v) is 5.95. The molecule has 1 aliphatic rings. The molecule has 2 aromatic rings. The van der Waals surface area contributed by atoms with Gasteiger partial charge in [0.05, 0.1) is 0 Å². The molecule has 0 saturated heterocycles. The molecular weight excluding hydrogens is 277 g/mol. The zero-order valence-electron chi connectivity index (χ0n) is 10.8. The third-order valence-electron chi connectivity index (χ3n) is 3.52. The fourth-order valence-electron chi connectivity index (χ4n) is 2.69. The highest BCUT2D eigenvalue weighted by atomic mass is 35.5. The molecule has 0 unspecified atom stereocenters. The predicted octanol–water partition coefficient (Wildman–Crippen LogP) is 4.86. The van der Waals surface area contributed by atoms with E-state index in [-0.39, 0.29) is 0 Å². The molecule has 0 amide bonds. The van der Waals surface area contributed by atoms with Gasteiger partial charge in [-0.3, -0.25) is 0 Å².